The zero-order valence-corrected chi connectivity index (χ0v) is 10.7. The maximum Gasteiger partial charge on any atom is 0.407 e. The van der Waals surface area contributed by atoms with E-state index in [1.165, 1.54) is 12.1 Å². The van der Waals surface area contributed by atoms with Crippen molar-refractivity contribution in [2.45, 2.75) is 39.1 Å². The van der Waals surface area contributed by atoms with E-state index in [9.17, 15) is 13.2 Å². The molecule has 1 unspecified atom stereocenters. The van der Waals surface area contributed by atoms with Crippen molar-refractivity contribution >= 4 is 0 Å². The summed E-state index contributed by atoms with van der Waals surface area (Å²) < 4.78 is 44.1. The molecule has 0 aromatic heterocycles. The Bertz CT molecular complexity index is 377. The van der Waals surface area contributed by atoms with Gasteiger partial charge in [0.1, 0.15) is 11.8 Å². The first kappa shape index (κ1) is 14.8. The molecule has 102 valence electrons. The first-order chi connectivity index (χ1) is 8.34. The number of benzene rings is 1. The lowest BCUT2D eigenvalue weighted by Crippen LogP contribution is -2.34. The van der Waals surface area contributed by atoms with Crippen LogP contribution in [-0.4, -0.2) is 18.8 Å². The minimum absolute atomic E-state index is 0.0660. The van der Waals surface area contributed by atoms with Crippen LogP contribution in [0.25, 0.3) is 0 Å². The van der Waals surface area contributed by atoms with E-state index < -0.39 is 12.2 Å². The van der Waals surface area contributed by atoms with Gasteiger partial charge in [0.2, 0.25) is 0 Å². The highest BCUT2D eigenvalue weighted by Crippen LogP contribution is 2.33. The van der Waals surface area contributed by atoms with Gasteiger partial charge < -0.3 is 10.1 Å². The van der Waals surface area contributed by atoms with Crippen LogP contribution >= 0.6 is 0 Å². The second kappa shape index (κ2) is 6.09. The van der Waals surface area contributed by atoms with Gasteiger partial charge in [-0.05, 0) is 38.1 Å². The quantitative estimate of drug-likeness (QED) is 0.872. The molecule has 1 atom stereocenters. The molecule has 2 nitrogen and oxygen atoms in total. The van der Waals surface area contributed by atoms with Gasteiger partial charge in [0.15, 0.2) is 0 Å². The van der Waals surface area contributed by atoms with Gasteiger partial charge in [-0.3, -0.25) is 0 Å². The lowest BCUT2D eigenvalue weighted by molar-refractivity contribution is -0.157. The summed E-state index contributed by atoms with van der Waals surface area (Å²) in [7, 11) is 0. The van der Waals surface area contributed by atoms with Gasteiger partial charge >= 0.3 is 6.18 Å². The Balaban J connectivity index is 2.98. The Morgan fingerprint density at radius 2 is 1.94 bits per heavy atom. The van der Waals surface area contributed by atoms with Crippen LogP contribution in [0.5, 0.6) is 5.75 Å². The van der Waals surface area contributed by atoms with Crippen molar-refractivity contribution in [1.82, 2.24) is 5.32 Å². The molecule has 0 aliphatic carbocycles. The third kappa shape index (κ3) is 4.22. The SMILES string of the molecule is CCNC(c1cccc(OC(C)C)c1)C(F)(F)F. The van der Waals surface area contributed by atoms with Gasteiger partial charge in [0, 0.05) is 0 Å². The van der Waals surface area contributed by atoms with Crippen molar-refractivity contribution in [2.24, 2.45) is 0 Å². The van der Waals surface area contributed by atoms with Crippen LogP contribution in [-0.2, 0) is 0 Å². The first-order valence-corrected chi connectivity index (χ1v) is 5.91. The van der Waals surface area contributed by atoms with Crippen LogP contribution in [0.2, 0.25) is 0 Å². The Hall–Kier alpha value is -1.23. The number of halogens is 3. The summed E-state index contributed by atoms with van der Waals surface area (Å²) >= 11 is 0. The third-order valence-electron chi connectivity index (χ3n) is 2.30. The molecule has 1 aromatic rings. The number of hydrogen-bond donors (Lipinski definition) is 1. The van der Waals surface area contributed by atoms with Crippen LogP contribution in [0.15, 0.2) is 24.3 Å². The van der Waals surface area contributed by atoms with Crippen LogP contribution < -0.4 is 10.1 Å². The predicted molar refractivity (Wildman–Crippen MR) is 64.7 cm³/mol. The molecule has 0 aliphatic rings. The largest absolute Gasteiger partial charge is 0.491 e. The summed E-state index contributed by atoms with van der Waals surface area (Å²) in [5.41, 5.74) is 0.169. The average Bonchev–Trinajstić information content (AvgIpc) is 2.23. The number of nitrogens with one attached hydrogen (secondary N) is 1. The molecular weight excluding hydrogens is 243 g/mol. The van der Waals surface area contributed by atoms with Gasteiger partial charge in [0.25, 0.3) is 0 Å². The molecule has 1 N–H and O–H groups in total. The number of hydrogen-bond acceptors (Lipinski definition) is 2. The first-order valence-electron chi connectivity index (χ1n) is 5.91. The van der Waals surface area contributed by atoms with Crippen molar-refractivity contribution in [2.75, 3.05) is 6.54 Å². The van der Waals surface area contributed by atoms with Gasteiger partial charge in [0.05, 0.1) is 6.10 Å². The Kier molecular flexibility index (Phi) is 5.02. The van der Waals surface area contributed by atoms with Crippen LogP contribution in [0.1, 0.15) is 32.4 Å². The van der Waals surface area contributed by atoms with Gasteiger partial charge in [-0.25, -0.2) is 0 Å². The smallest absolute Gasteiger partial charge is 0.407 e. The highest BCUT2D eigenvalue weighted by Gasteiger charge is 2.40. The minimum Gasteiger partial charge on any atom is -0.491 e. The third-order valence-corrected chi connectivity index (χ3v) is 2.30. The topological polar surface area (TPSA) is 21.3 Å². The molecule has 18 heavy (non-hydrogen) atoms. The number of rotatable bonds is 5. The Morgan fingerprint density at radius 3 is 2.44 bits per heavy atom. The molecule has 0 bridgehead atoms. The van der Waals surface area contributed by atoms with Crippen molar-refractivity contribution in [3.05, 3.63) is 29.8 Å². The average molecular weight is 261 g/mol. The molecule has 1 rings (SSSR count). The molecule has 0 amide bonds. The van der Waals surface area contributed by atoms with Crippen molar-refractivity contribution in [3.8, 4) is 5.75 Å². The monoisotopic (exact) mass is 261 g/mol. The molecular formula is C13H18F3NO. The summed E-state index contributed by atoms with van der Waals surface area (Å²) in [5, 5.41) is 2.44. The zero-order chi connectivity index (χ0) is 13.8. The van der Waals surface area contributed by atoms with E-state index in [0.717, 1.165) is 0 Å². The molecule has 0 radical (unpaired) electrons. The summed E-state index contributed by atoms with van der Waals surface area (Å²) in [6.07, 6.45) is -4.38. The second-order valence-electron chi connectivity index (χ2n) is 4.27. The van der Waals surface area contributed by atoms with Crippen LogP contribution in [0.4, 0.5) is 13.2 Å². The normalized spacial score (nSPS) is 13.7. The standard InChI is InChI=1S/C13H18F3NO/c1-4-17-12(13(14,15)16)10-6-5-7-11(8-10)18-9(2)3/h5-9,12,17H,4H2,1-3H3. The fourth-order valence-corrected chi connectivity index (χ4v) is 1.67. The van der Waals surface area contributed by atoms with Gasteiger partial charge in [-0.15, -0.1) is 0 Å². The van der Waals surface area contributed by atoms with E-state index in [2.05, 4.69) is 5.32 Å². The maximum atomic E-state index is 12.9. The molecule has 1 aromatic carbocycles. The minimum atomic E-state index is -4.31. The number of ether oxygens (including phenoxy) is 1. The zero-order valence-electron chi connectivity index (χ0n) is 10.7. The molecule has 0 saturated heterocycles. The van der Waals surface area contributed by atoms with E-state index in [1.807, 2.05) is 13.8 Å². The second-order valence-corrected chi connectivity index (χ2v) is 4.27. The highest BCUT2D eigenvalue weighted by atomic mass is 19.4. The predicted octanol–water partition coefficient (Wildman–Crippen LogP) is 3.69. The van der Waals surface area contributed by atoms with E-state index in [1.54, 1.807) is 19.1 Å². The Labute approximate surface area is 105 Å². The molecule has 0 heterocycles. The Morgan fingerprint density at radius 1 is 1.28 bits per heavy atom. The molecule has 5 heteroatoms. The summed E-state index contributed by atoms with van der Waals surface area (Å²) in [6.45, 7) is 5.56. The summed E-state index contributed by atoms with van der Waals surface area (Å²) in [4.78, 5) is 0. The van der Waals surface area contributed by atoms with Gasteiger partial charge in [-0.2, -0.15) is 13.2 Å². The highest BCUT2D eigenvalue weighted by molar-refractivity contribution is 5.31. The summed E-state index contributed by atoms with van der Waals surface area (Å²) in [6, 6.07) is 4.46. The van der Waals surface area contributed by atoms with Crippen LogP contribution in [0, 0.1) is 0 Å². The molecule has 0 spiro atoms. The fraction of sp³-hybridized carbons (Fsp3) is 0.538. The number of alkyl halides is 3. The lowest BCUT2D eigenvalue weighted by Gasteiger charge is -2.22. The van der Waals surface area contributed by atoms with Gasteiger partial charge in [-0.1, -0.05) is 19.1 Å². The fourth-order valence-electron chi connectivity index (χ4n) is 1.67. The van der Waals surface area contributed by atoms with Crippen molar-refractivity contribution in [1.29, 1.82) is 0 Å². The van der Waals surface area contributed by atoms with E-state index in [4.69, 9.17) is 4.74 Å². The molecule has 0 aliphatic heterocycles. The van der Waals surface area contributed by atoms with Crippen molar-refractivity contribution < 1.29 is 17.9 Å². The van der Waals surface area contributed by atoms with Crippen LogP contribution in [0.3, 0.4) is 0 Å². The molecule has 0 saturated carbocycles. The molecule has 0 fully saturated rings. The van der Waals surface area contributed by atoms with E-state index in [0.29, 0.717) is 5.75 Å². The summed E-state index contributed by atoms with van der Waals surface area (Å²) in [5.74, 6) is 0.453. The lowest BCUT2D eigenvalue weighted by atomic mass is 10.1. The maximum absolute atomic E-state index is 12.9. The van der Waals surface area contributed by atoms with E-state index >= 15 is 0 Å². The van der Waals surface area contributed by atoms with Crippen molar-refractivity contribution in [3.63, 3.8) is 0 Å². The van der Waals surface area contributed by atoms with E-state index in [-0.39, 0.29) is 18.2 Å².